The number of nitrogens with one attached hydrogen (secondary N) is 2. The molecule has 1 amide bonds. The minimum atomic E-state index is -0.433. The molecular formula is C23H23ClN4O2S. The highest BCUT2D eigenvalue weighted by Crippen LogP contribution is 2.30. The van der Waals surface area contributed by atoms with E-state index in [2.05, 4.69) is 15.6 Å². The molecule has 6 nitrogen and oxygen atoms in total. The molecule has 0 saturated carbocycles. The van der Waals surface area contributed by atoms with Crippen LogP contribution in [0.5, 0.6) is 0 Å². The van der Waals surface area contributed by atoms with Gasteiger partial charge >= 0.3 is 0 Å². The number of halogens is 1. The molecule has 0 radical (unpaired) electrons. The third-order valence-electron chi connectivity index (χ3n) is 4.85. The lowest BCUT2D eigenvalue weighted by atomic mass is 10.1. The van der Waals surface area contributed by atoms with E-state index in [9.17, 15) is 4.79 Å². The lowest BCUT2D eigenvalue weighted by Crippen LogP contribution is -2.39. The van der Waals surface area contributed by atoms with Crippen molar-refractivity contribution in [2.45, 2.75) is 25.4 Å². The molecular weight excluding hydrogens is 432 g/mol. The highest BCUT2D eigenvalue weighted by Gasteiger charge is 2.20. The molecule has 160 valence electrons. The van der Waals surface area contributed by atoms with Crippen LogP contribution in [0, 0.1) is 0 Å². The molecule has 4 aromatic rings. The first-order valence-electron chi connectivity index (χ1n) is 10.1. The Morgan fingerprint density at radius 3 is 2.87 bits per heavy atom. The van der Waals surface area contributed by atoms with Gasteiger partial charge in [0.05, 0.1) is 0 Å². The Balaban J connectivity index is 1.44. The zero-order chi connectivity index (χ0) is 21.6. The normalized spacial score (nSPS) is 12.1. The maximum absolute atomic E-state index is 12.8. The van der Waals surface area contributed by atoms with E-state index in [1.165, 1.54) is 11.3 Å². The van der Waals surface area contributed by atoms with E-state index in [1.807, 2.05) is 53.9 Å². The Morgan fingerprint density at radius 2 is 2.06 bits per heavy atom. The molecule has 2 aromatic carbocycles. The van der Waals surface area contributed by atoms with Gasteiger partial charge in [0.1, 0.15) is 17.3 Å². The summed E-state index contributed by atoms with van der Waals surface area (Å²) in [5.41, 5.74) is 8.17. The third kappa shape index (κ3) is 5.44. The van der Waals surface area contributed by atoms with Crippen molar-refractivity contribution < 1.29 is 9.21 Å². The van der Waals surface area contributed by atoms with Gasteiger partial charge < -0.3 is 20.8 Å². The number of fused-ring (bicyclic) bond motifs is 1. The van der Waals surface area contributed by atoms with E-state index in [1.54, 1.807) is 6.07 Å². The number of nitrogens with two attached hydrogens (primary N) is 1. The first-order chi connectivity index (χ1) is 15.1. The van der Waals surface area contributed by atoms with Gasteiger partial charge in [0.2, 0.25) is 5.91 Å². The zero-order valence-electron chi connectivity index (χ0n) is 16.8. The van der Waals surface area contributed by atoms with Crippen molar-refractivity contribution in [2.75, 3.05) is 11.9 Å². The number of hydrogen-bond donors (Lipinski definition) is 3. The van der Waals surface area contributed by atoms with Crippen LogP contribution < -0.4 is 16.4 Å². The van der Waals surface area contributed by atoms with Crippen LogP contribution in [-0.4, -0.2) is 23.5 Å². The molecule has 2 aromatic heterocycles. The van der Waals surface area contributed by atoms with E-state index >= 15 is 0 Å². The number of nitrogens with zero attached hydrogens (tertiary/aromatic N) is 1. The number of para-hydroxylation sites is 1. The van der Waals surface area contributed by atoms with Crippen molar-refractivity contribution in [1.82, 2.24) is 10.3 Å². The Bertz CT molecular complexity index is 1140. The number of aromatic nitrogens is 1. The zero-order valence-corrected chi connectivity index (χ0v) is 18.4. The molecule has 31 heavy (non-hydrogen) atoms. The van der Waals surface area contributed by atoms with Gasteiger partial charge in [0, 0.05) is 22.3 Å². The van der Waals surface area contributed by atoms with Crippen molar-refractivity contribution in [1.29, 1.82) is 0 Å². The average Bonchev–Trinajstić information content (AvgIpc) is 3.41. The van der Waals surface area contributed by atoms with Gasteiger partial charge in [0.15, 0.2) is 10.9 Å². The number of rotatable bonds is 9. The predicted molar refractivity (Wildman–Crippen MR) is 126 cm³/mol. The highest BCUT2D eigenvalue weighted by molar-refractivity contribution is 7.14. The summed E-state index contributed by atoms with van der Waals surface area (Å²) in [6.07, 6.45) is 1.33. The van der Waals surface area contributed by atoms with Crippen molar-refractivity contribution in [3.05, 3.63) is 70.6 Å². The van der Waals surface area contributed by atoms with Gasteiger partial charge in [-0.3, -0.25) is 4.79 Å². The molecule has 2 heterocycles. The van der Waals surface area contributed by atoms with Gasteiger partial charge in [-0.05, 0) is 49.2 Å². The van der Waals surface area contributed by atoms with Crippen LogP contribution in [-0.2, 0) is 11.3 Å². The first kappa shape index (κ1) is 21.4. The fourth-order valence-electron chi connectivity index (χ4n) is 3.26. The van der Waals surface area contributed by atoms with Crippen molar-refractivity contribution >= 4 is 44.9 Å². The quantitative estimate of drug-likeness (QED) is 0.329. The largest absolute Gasteiger partial charge is 0.454 e. The Morgan fingerprint density at radius 1 is 1.19 bits per heavy atom. The monoisotopic (exact) mass is 454 g/mol. The van der Waals surface area contributed by atoms with Gasteiger partial charge in [0.25, 0.3) is 0 Å². The second-order valence-electron chi connectivity index (χ2n) is 7.16. The summed E-state index contributed by atoms with van der Waals surface area (Å²) in [5, 5.41) is 10.5. The van der Waals surface area contributed by atoms with Crippen molar-refractivity contribution in [3.63, 3.8) is 0 Å². The van der Waals surface area contributed by atoms with Crippen LogP contribution in [0.25, 0.3) is 22.4 Å². The van der Waals surface area contributed by atoms with Crippen molar-refractivity contribution in [3.8, 4) is 11.5 Å². The smallest absolute Gasteiger partial charge is 0.242 e. The van der Waals surface area contributed by atoms with E-state index in [0.29, 0.717) is 35.4 Å². The second-order valence-corrected chi connectivity index (χ2v) is 8.46. The lowest BCUT2D eigenvalue weighted by molar-refractivity contribution is -0.122. The van der Waals surface area contributed by atoms with Gasteiger partial charge in [-0.25, -0.2) is 4.98 Å². The molecule has 0 bridgehead atoms. The van der Waals surface area contributed by atoms with Crippen LogP contribution >= 0.6 is 22.9 Å². The van der Waals surface area contributed by atoms with Crippen LogP contribution in [0.4, 0.5) is 5.13 Å². The summed E-state index contributed by atoms with van der Waals surface area (Å²) in [6.45, 7) is 0.921. The Hall–Kier alpha value is -2.87. The molecule has 0 fully saturated rings. The molecule has 4 N–H and O–H groups in total. The molecule has 8 heteroatoms. The molecule has 0 aliphatic carbocycles. The number of carbonyl (C=O) groups is 1. The van der Waals surface area contributed by atoms with E-state index < -0.39 is 6.04 Å². The topological polar surface area (TPSA) is 93.2 Å². The summed E-state index contributed by atoms with van der Waals surface area (Å²) in [7, 11) is 0. The number of benzene rings is 2. The first-order valence-corrected chi connectivity index (χ1v) is 11.3. The summed E-state index contributed by atoms with van der Waals surface area (Å²) < 4.78 is 5.89. The molecule has 1 atom stereocenters. The number of carbonyl (C=O) groups excluding carboxylic acids is 1. The number of furan rings is 1. The number of hydrogen-bond acceptors (Lipinski definition) is 6. The summed E-state index contributed by atoms with van der Waals surface area (Å²) in [5.74, 6) is 0.600. The Kier molecular flexibility index (Phi) is 6.86. The lowest BCUT2D eigenvalue weighted by Gasteiger charge is -2.17. The van der Waals surface area contributed by atoms with Gasteiger partial charge in [-0.2, -0.15) is 0 Å². The predicted octanol–water partition coefficient (Wildman–Crippen LogP) is 5.05. The minimum absolute atomic E-state index is 0.103. The molecule has 4 rings (SSSR count). The minimum Gasteiger partial charge on any atom is -0.454 e. The maximum Gasteiger partial charge on any atom is 0.242 e. The number of anilines is 1. The van der Waals surface area contributed by atoms with E-state index in [0.717, 1.165) is 28.6 Å². The Labute approximate surface area is 189 Å². The molecule has 0 aliphatic rings. The van der Waals surface area contributed by atoms with E-state index in [-0.39, 0.29) is 5.91 Å². The number of amides is 1. The number of thiazole rings is 1. The fraction of sp³-hybridized carbons (Fsp3) is 0.217. The summed E-state index contributed by atoms with van der Waals surface area (Å²) in [4.78, 5) is 17.4. The van der Waals surface area contributed by atoms with Crippen LogP contribution in [0.1, 0.15) is 18.4 Å². The highest BCUT2D eigenvalue weighted by atomic mass is 35.5. The van der Waals surface area contributed by atoms with Gasteiger partial charge in [-0.1, -0.05) is 41.9 Å². The van der Waals surface area contributed by atoms with E-state index in [4.69, 9.17) is 21.8 Å². The second kappa shape index (κ2) is 9.96. The van der Waals surface area contributed by atoms with Crippen LogP contribution in [0.15, 0.2) is 64.4 Å². The summed E-state index contributed by atoms with van der Waals surface area (Å²) >= 11 is 7.46. The van der Waals surface area contributed by atoms with Crippen LogP contribution in [0.3, 0.4) is 0 Å². The standard InChI is InChI=1S/C23H23ClN4O2S/c24-17-7-3-5-15(11-17)13-26-22(29)18(8-4-10-25)27-23-28-19(14-31-23)21-12-16-6-1-2-9-20(16)30-21/h1-3,5-7,9,11-12,14,18H,4,8,10,13,25H2,(H,26,29)(H,27,28)/t18-/m0/s1. The molecule has 0 saturated heterocycles. The van der Waals surface area contributed by atoms with Crippen molar-refractivity contribution in [2.24, 2.45) is 5.73 Å². The third-order valence-corrected chi connectivity index (χ3v) is 5.86. The average molecular weight is 455 g/mol. The SMILES string of the molecule is NCCC[C@H](Nc1nc(-c2cc3ccccc3o2)cs1)C(=O)NCc1cccc(Cl)c1. The maximum atomic E-state index is 12.8. The molecule has 0 spiro atoms. The molecule has 0 unspecified atom stereocenters. The fourth-order valence-corrected chi connectivity index (χ4v) is 4.23. The molecule has 0 aliphatic heterocycles. The van der Waals surface area contributed by atoms with Crippen LogP contribution in [0.2, 0.25) is 5.02 Å². The van der Waals surface area contributed by atoms with Gasteiger partial charge in [-0.15, -0.1) is 11.3 Å². The summed E-state index contributed by atoms with van der Waals surface area (Å²) in [6, 6.07) is 16.8.